The molecule has 1 aromatic heterocycles. The van der Waals surface area contributed by atoms with Crippen LogP contribution in [0.3, 0.4) is 0 Å². The van der Waals surface area contributed by atoms with E-state index in [2.05, 4.69) is 10.3 Å². The summed E-state index contributed by atoms with van der Waals surface area (Å²) in [7, 11) is 0. The zero-order valence-corrected chi connectivity index (χ0v) is 16.1. The minimum atomic E-state index is -0.408. The number of amides is 1. The van der Waals surface area contributed by atoms with Crippen molar-refractivity contribution in [3.05, 3.63) is 76.3 Å². The highest BCUT2D eigenvalue weighted by Gasteiger charge is 2.14. The first-order valence-electron chi connectivity index (χ1n) is 7.96. The van der Waals surface area contributed by atoms with E-state index in [0.717, 1.165) is 10.2 Å². The highest BCUT2D eigenvalue weighted by atomic mass is 35.5. The van der Waals surface area contributed by atoms with Crippen molar-refractivity contribution in [3.63, 3.8) is 0 Å². The fourth-order valence-electron chi connectivity index (χ4n) is 2.65. The van der Waals surface area contributed by atoms with Crippen LogP contribution in [-0.2, 0) is 0 Å². The molecule has 2 N–H and O–H groups in total. The maximum atomic E-state index is 12.4. The van der Waals surface area contributed by atoms with E-state index in [9.17, 15) is 9.90 Å². The summed E-state index contributed by atoms with van der Waals surface area (Å²) in [5, 5.41) is 14.6. The number of anilines is 1. The number of phenolic OH excluding ortho intramolecular Hbond substituents is 1. The summed E-state index contributed by atoms with van der Waals surface area (Å²) >= 11 is 13.5. The third kappa shape index (κ3) is 3.62. The van der Waals surface area contributed by atoms with Crippen molar-refractivity contribution >= 4 is 56.3 Å². The van der Waals surface area contributed by atoms with Gasteiger partial charge in [0.2, 0.25) is 0 Å². The Hall–Kier alpha value is -2.60. The van der Waals surface area contributed by atoms with Gasteiger partial charge in [-0.3, -0.25) is 4.79 Å². The van der Waals surface area contributed by atoms with Gasteiger partial charge in [-0.25, -0.2) is 4.98 Å². The number of para-hydroxylation sites is 1. The van der Waals surface area contributed by atoms with Crippen LogP contribution in [0.5, 0.6) is 5.75 Å². The molecule has 0 spiro atoms. The summed E-state index contributed by atoms with van der Waals surface area (Å²) in [5.74, 6) is -0.376. The molecule has 0 atom stereocenters. The molecule has 0 bridgehead atoms. The lowest BCUT2D eigenvalue weighted by atomic mass is 10.1. The van der Waals surface area contributed by atoms with Crippen molar-refractivity contribution in [1.29, 1.82) is 0 Å². The molecule has 27 heavy (non-hydrogen) atoms. The molecule has 0 saturated carbocycles. The molecular formula is C20H12Cl2N2O2S. The van der Waals surface area contributed by atoms with Crippen LogP contribution in [0.1, 0.15) is 10.4 Å². The number of hydrogen-bond donors (Lipinski definition) is 2. The second-order valence-corrected chi connectivity index (χ2v) is 7.67. The number of aromatic hydroxyl groups is 1. The summed E-state index contributed by atoms with van der Waals surface area (Å²) in [6.45, 7) is 0. The number of nitrogens with zero attached hydrogens (tertiary/aromatic N) is 1. The summed E-state index contributed by atoms with van der Waals surface area (Å²) < 4.78 is 1.04. The van der Waals surface area contributed by atoms with E-state index < -0.39 is 5.91 Å². The molecule has 3 aromatic carbocycles. The topological polar surface area (TPSA) is 62.2 Å². The Morgan fingerprint density at radius 1 is 1.04 bits per heavy atom. The van der Waals surface area contributed by atoms with E-state index in [4.69, 9.17) is 23.2 Å². The number of halogens is 2. The molecule has 0 aliphatic heterocycles. The molecule has 4 aromatic rings. The van der Waals surface area contributed by atoms with Crippen molar-refractivity contribution in [2.75, 3.05) is 5.32 Å². The van der Waals surface area contributed by atoms with Crippen LogP contribution >= 0.6 is 34.5 Å². The number of carbonyl (C=O) groups excluding carboxylic acids is 1. The monoisotopic (exact) mass is 414 g/mol. The summed E-state index contributed by atoms with van der Waals surface area (Å²) in [6.07, 6.45) is 0. The van der Waals surface area contributed by atoms with E-state index in [1.807, 2.05) is 24.3 Å². The Bertz CT molecular complexity index is 1140. The second-order valence-electron chi connectivity index (χ2n) is 5.80. The Labute approximate surface area is 169 Å². The number of benzene rings is 3. The van der Waals surface area contributed by atoms with Crippen LogP contribution in [0.15, 0.2) is 60.7 Å². The van der Waals surface area contributed by atoms with Gasteiger partial charge in [-0.1, -0.05) is 35.3 Å². The van der Waals surface area contributed by atoms with Crippen LogP contribution in [0, 0.1) is 0 Å². The molecule has 0 aliphatic rings. The van der Waals surface area contributed by atoms with E-state index >= 15 is 0 Å². The van der Waals surface area contributed by atoms with Crippen molar-refractivity contribution in [2.45, 2.75) is 0 Å². The lowest BCUT2D eigenvalue weighted by Gasteiger charge is -2.09. The van der Waals surface area contributed by atoms with E-state index in [-0.39, 0.29) is 11.3 Å². The molecular weight excluding hydrogens is 403 g/mol. The summed E-state index contributed by atoms with van der Waals surface area (Å²) in [4.78, 5) is 17.0. The zero-order chi connectivity index (χ0) is 19.0. The van der Waals surface area contributed by atoms with Crippen molar-refractivity contribution < 1.29 is 9.90 Å². The van der Waals surface area contributed by atoms with Crippen molar-refractivity contribution in [3.8, 4) is 16.3 Å². The van der Waals surface area contributed by atoms with E-state index in [0.29, 0.717) is 26.3 Å². The highest BCUT2D eigenvalue weighted by Crippen LogP contribution is 2.36. The Balaban J connectivity index is 1.61. The smallest absolute Gasteiger partial charge is 0.257 e. The fraction of sp³-hybridized carbons (Fsp3) is 0. The number of nitrogens with one attached hydrogen (secondary N) is 1. The maximum Gasteiger partial charge on any atom is 0.257 e. The number of aromatic nitrogens is 1. The SMILES string of the molecule is O=C(Nc1ccc(-c2nc3ccccc3s2)c(O)c1)c1cc(Cl)ccc1Cl. The summed E-state index contributed by atoms with van der Waals surface area (Å²) in [6, 6.07) is 17.4. The Morgan fingerprint density at radius 2 is 1.85 bits per heavy atom. The first kappa shape index (κ1) is 17.8. The Morgan fingerprint density at radius 3 is 2.63 bits per heavy atom. The van der Waals surface area contributed by atoms with Gasteiger partial charge >= 0.3 is 0 Å². The Kier molecular flexibility index (Phi) is 4.74. The second kappa shape index (κ2) is 7.19. The van der Waals surface area contributed by atoms with Crippen molar-refractivity contribution in [2.24, 2.45) is 0 Å². The van der Waals surface area contributed by atoms with Gasteiger partial charge < -0.3 is 10.4 Å². The maximum absolute atomic E-state index is 12.4. The lowest BCUT2D eigenvalue weighted by Crippen LogP contribution is -2.12. The van der Waals surface area contributed by atoms with Crippen LogP contribution in [0.2, 0.25) is 10.0 Å². The van der Waals surface area contributed by atoms with Gasteiger partial charge in [-0.2, -0.15) is 0 Å². The molecule has 0 radical (unpaired) electrons. The van der Waals surface area contributed by atoms with Crippen LogP contribution in [-0.4, -0.2) is 16.0 Å². The number of thiazole rings is 1. The lowest BCUT2D eigenvalue weighted by molar-refractivity contribution is 0.102. The van der Waals surface area contributed by atoms with E-state index in [1.165, 1.54) is 23.5 Å². The van der Waals surface area contributed by atoms with Gasteiger partial charge in [0.1, 0.15) is 10.8 Å². The molecule has 4 nitrogen and oxygen atoms in total. The average Bonchev–Trinajstić information content (AvgIpc) is 3.07. The molecule has 0 fully saturated rings. The minimum Gasteiger partial charge on any atom is -0.507 e. The first-order valence-corrected chi connectivity index (χ1v) is 9.54. The van der Waals surface area contributed by atoms with Gasteiger partial charge in [-0.15, -0.1) is 11.3 Å². The minimum absolute atomic E-state index is 0.0315. The molecule has 1 amide bonds. The summed E-state index contributed by atoms with van der Waals surface area (Å²) in [5.41, 5.74) is 2.19. The third-order valence-corrected chi connectivity index (χ3v) is 5.59. The van der Waals surface area contributed by atoms with Crippen LogP contribution in [0.25, 0.3) is 20.8 Å². The molecule has 0 saturated heterocycles. The van der Waals surface area contributed by atoms with E-state index in [1.54, 1.807) is 24.3 Å². The molecule has 134 valence electrons. The van der Waals surface area contributed by atoms with Crippen LogP contribution in [0.4, 0.5) is 5.69 Å². The number of hydrogen-bond acceptors (Lipinski definition) is 4. The predicted molar refractivity (Wildman–Crippen MR) is 111 cm³/mol. The zero-order valence-electron chi connectivity index (χ0n) is 13.7. The fourth-order valence-corrected chi connectivity index (χ4v) is 4.02. The molecule has 0 unspecified atom stereocenters. The molecule has 4 rings (SSSR count). The molecule has 0 aliphatic carbocycles. The number of phenols is 1. The third-order valence-electron chi connectivity index (χ3n) is 3.95. The predicted octanol–water partition coefficient (Wildman–Crippen LogP) is 6.23. The largest absolute Gasteiger partial charge is 0.507 e. The standard InChI is InChI=1S/C20H12Cl2N2O2S/c21-11-5-8-15(22)14(9-11)19(26)23-12-6-7-13(17(25)10-12)20-24-16-3-1-2-4-18(16)27-20/h1-10,25H,(H,23,26). The molecule has 1 heterocycles. The van der Waals surface area contributed by atoms with Crippen molar-refractivity contribution in [1.82, 2.24) is 4.98 Å². The average molecular weight is 415 g/mol. The number of rotatable bonds is 3. The number of fused-ring (bicyclic) bond motifs is 1. The molecule has 7 heteroatoms. The van der Waals surface area contributed by atoms with Gasteiger partial charge in [0.25, 0.3) is 5.91 Å². The van der Waals surface area contributed by atoms with Gasteiger partial charge in [0, 0.05) is 16.8 Å². The quantitative estimate of drug-likeness (QED) is 0.417. The van der Waals surface area contributed by atoms with Gasteiger partial charge in [0.05, 0.1) is 26.4 Å². The normalized spacial score (nSPS) is 10.9. The highest BCUT2D eigenvalue weighted by molar-refractivity contribution is 7.21. The van der Waals surface area contributed by atoms with Gasteiger partial charge in [-0.05, 0) is 42.5 Å². The van der Waals surface area contributed by atoms with Gasteiger partial charge in [0.15, 0.2) is 0 Å². The van der Waals surface area contributed by atoms with Crippen LogP contribution < -0.4 is 5.32 Å². The first-order chi connectivity index (χ1) is 13.0. The number of carbonyl (C=O) groups is 1.